The number of fused-ring (bicyclic) bond motifs is 5. The number of carbonyl (C=O) groups is 3. The number of hydrogen-bond donors (Lipinski definition) is 5. The molecule has 5 N–H and O–H groups in total. The lowest BCUT2D eigenvalue weighted by atomic mass is 9.44. The minimum atomic E-state index is -1.75. The summed E-state index contributed by atoms with van der Waals surface area (Å²) < 4.78 is 0. The van der Waals surface area contributed by atoms with Crippen molar-refractivity contribution < 1.29 is 39.9 Å². The molecule has 8 heteroatoms. The number of phenolic OH excluding ortho intramolecular Hbond substituents is 2. The first-order chi connectivity index (χ1) is 27.6. The molecule has 0 unspecified atom stereocenters. The maximum atomic E-state index is 14.7. The Morgan fingerprint density at radius 3 is 2.29 bits per heavy atom. The van der Waals surface area contributed by atoms with Gasteiger partial charge in [0.05, 0.1) is 30.3 Å². The minimum Gasteiger partial charge on any atom is -0.508 e. The highest BCUT2D eigenvalue weighted by atomic mass is 16.3. The number of aromatic hydroxyl groups is 2. The van der Waals surface area contributed by atoms with Crippen LogP contribution in [0.25, 0.3) is 0 Å². The quantitative estimate of drug-likeness (QED) is 0.0451. The molecule has 0 heterocycles. The van der Waals surface area contributed by atoms with Gasteiger partial charge in [0.25, 0.3) is 0 Å². The molecule has 0 saturated heterocycles. The Bertz CT molecular complexity index is 1940. The van der Waals surface area contributed by atoms with Crippen LogP contribution in [0.4, 0.5) is 0 Å². The van der Waals surface area contributed by atoms with Crippen molar-refractivity contribution in [2.24, 2.45) is 45.3 Å². The lowest BCUT2D eigenvalue weighted by Crippen LogP contribution is -2.53. The second-order valence-electron chi connectivity index (χ2n) is 20.2. The Balaban J connectivity index is 1.39. The van der Waals surface area contributed by atoms with Gasteiger partial charge in [-0.15, -0.1) is 0 Å². The van der Waals surface area contributed by atoms with E-state index in [-0.39, 0.29) is 69.2 Å². The van der Waals surface area contributed by atoms with Gasteiger partial charge in [-0.25, -0.2) is 0 Å². The molecule has 0 amide bonds. The zero-order chi connectivity index (χ0) is 43.7. The standard InChI is InChI=1S/C51H72O8/c1-32(12-10-14-33(2)30-52)13-11-15-35(28-43(56)37-29-36(54)17-20-42(37)55)46(58)41(51(9,59)31-53)18-16-34(3)38-22-26-50(8)40-19-21-44-47(4,5)45(57)24-25-48(44,6)39(40)23-27-49(38,50)7/h13-14,17,19-20,23,28-29,34,38,41,44,52-55,59H,10-12,15-16,18,21-22,24-27,30-31H2,1-9H3/b32-13-,33-14+,35-28-/t34-,38-,41+,44-,48-,49+,50+,51+/m1/s1. The van der Waals surface area contributed by atoms with E-state index in [0.29, 0.717) is 37.4 Å². The molecule has 2 fully saturated rings. The van der Waals surface area contributed by atoms with Gasteiger partial charge in [-0.3, -0.25) is 14.4 Å². The summed E-state index contributed by atoms with van der Waals surface area (Å²) in [5.74, 6) is -1.33. The number of carbonyl (C=O) groups excluding carboxylic acids is 3. The summed E-state index contributed by atoms with van der Waals surface area (Å²) in [5.41, 5.74) is 2.80. The van der Waals surface area contributed by atoms with Crippen LogP contribution in [-0.4, -0.2) is 61.7 Å². The van der Waals surface area contributed by atoms with E-state index in [1.807, 2.05) is 26.0 Å². The first-order valence-corrected chi connectivity index (χ1v) is 22.1. The number of allylic oxidation sites excluding steroid dienone is 9. The highest BCUT2D eigenvalue weighted by Crippen LogP contribution is 2.71. The molecule has 0 aliphatic heterocycles. The molecule has 0 aromatic heterocycles. The number of Topliss-reactive ketones (excluding diaryl/α,β-unsaturated/α-hetero) is 2. The summed E-state index contributed by atoms with van der Waals surface area (Å²) >= 11 is 0. The van der Waals surface area contributed by atoms with Crippen LogP contribution >= 0.6 is 0 Å². The second kappa shape index (κ2) is 17.8. The average Bonchev–Trinajstić information content (AvgIpc) is 3.47. The third-order valence-corrected chi connectivity index (χ3v) is 16.1. The molecule has 2 saturated carbocycles. The molecule has 8 nitrogen and oxygen atoms in total. The topological polar surface area (TPSA) is 152 Å². The molecule has 4 aliphatic rings. The van der Waals surface area contributed by atoms with Crippen LogP contribution in [0.15, 0.2) is 76.4 Å². The highest BCUT2D eigenvalue weighted by Gasteiger charge is 2.63. The van der Waals surface area contributed by atoms with E-state index >= 15 is 0 Å². The second-order valence-corrected chi connectivity index (χ2v) is 20.2. The van der Waals surface area contributed by atoms with E-state index < -0.39 is 29.7 Å². The fourth-order valence-corrected chi connectivity index (χ4v) is 11.9. The maximum absolute atomic E-state index is 14.7. The molecular weight excluding hydrogens is 741 g/mol. The van der Waals surface area contributed by atoms with Gasteiger partial charge in [0.2, 0.25) is 0 Å². The van der Waals surface area contributed by atoms with Crippen molar-refractivity contribution in [1.29, 1.82) is 0 Å². The lowest BCUT2D eigenvalue weighted by molar-refractivity contribution is -0.138. The Morgan fingerprint density at radius 2 is 1.61 bits per heavy atom. The zero-order valence-corrected chi connectivity index (χ0v) is 37.3. The van der Waals surface area contributed by atoms with Crippen molar-refractivity contribution >= 4 is 17.3 Å². The van der Waals surface area contributed by atoms with Gasteiger partial charge in [-0.1, -0.05) is 77.0 Å². The van der Waals surface area contributed by atoms with Gasteiger partial charge in [0.1, 0.15) is 17.3 Å². The summed E-state index contributed by atoms with van der Waals surface area (Å²) in [6.07, 6.45) is 18.8. The number of aliphatic hydroxyl groups excluding tert-OH is 2. The van der Waals surface area contributed by atoms with Crippen molar-refractivity contribution in [3.63, 3.8) is 0 Å². The largest absolute Gasteiger partial charge is 0.508 e. The summed E-state index contributed by atoms with van der Waals surface area (Å²) in [7, 11) is 0. The SMILES string of the molecule is C/C(=C/CC/C(=C/C(=O)c1cc(O)ccc1O)C(=O)[C@H](CC[C@@H](C)[C@H]1CC[C@@]2(C)C3=CC[C@@H]4C(C)(C)C(=O)CC[C@]4(C)C3=CC[C@@]12C)[C@@](C)(O)CO)CC/C=C(\C)CO. The molecule has 8 atom stereocenters. The van der Waals surface area contributed by atoms with Crippen LogP contribution in [0.3, 0.4) is 0 Å². The molecule has 0 spiro atoms. The first-order valence-electron chi connectivity index (χ1n) is 22.1. The van der Waals surface area contributed by atoms with Gasteiger partial charge >= 0.3 is 0 Å². The monoisotopic (exact) mass is 813 g/mol. The van der Waals surface area contributed by atoms with Crippen molar-refractivity contribution in [3.8, 4) is 11.5 Å². The predicted molar refractivity (Wildman–Crippen MR) is 234 cm³/mol. The van der Waals surface area contributed by atoms with Crippen molar-refractivity contribution in [1.82, 2.24) is 0 Å². The molecule has 1 aromatic rings. The lowest BCUT2D eigenvalue weighted by Gasteiger charge is -2.59. The summed E-state index contributed by atoms with van der Waals surface area (Å²) in [5, 5.41) is 52.0. The summed E-state index contributed by atoms with van der Waals surface area (Å²) in [6.45, 7) is 18.6. The predicted octanol–water partition coefficient (Wildman–Crippen LogP) is 10.1. The van der Waals surface area contributed by atoms with E-state index in [4.69, 9.17) is 0 Å². The fourth-order valence-electron chi connectivity index (χ4n) is 11.9. The number of benzene rings is 1. The van der Waals surface area contributed by atoms with Crippen molar-refractivity contribution in [2.75, 3.05) is 13.2 Å². The highest BCUT2D eigenvalue weighted by molar-refractivity contribution is 6.12. The van der Waals surface area contributed by atoms with Gasteiger partial charge in [0, 0.05) is 11.8 Å². The number of aliphatic hydroxyl groups is 3. The molecule has 324 valence electrons. The van der Waals surface area contributed by atoms with Crippen LogP contribution in [0.1, 0.15) is 150 Å². The summed E-state index contributed by atoms with van der Waals surface area (Å²) in [4.78, 5) is 41.4. The number of phenols is 2. The van der Waals surface area contributed by atoms with E-state index in [9.17, 15) is 39.9 Å². The number of hydrogen-bond acceptors (Lipinski definition) is 8. The van der Waals surface area contributed by atoms with Gasteiger partial charge in [0.15, 0.2) is 11.6 Å². The Labute approximate surface area is 353 Å². The van der Waals surface area contributed by atoms with Crippen LogP contribution in [0.2, 0.25) is 0 Å². The molecule has 0 bridgehead atoms. The van der Waals surface area contributed by atoms with Crippen LogP contribution in [-0.2, 0) is 9.59 Å². The molecule has 1 aromatic carbocycles. The average molecular weight is 813 g/mol. The third kappa shape index (κ3) is 8.92. The fraction of sp³-hybridized carbons (Fsp3) is 0.627. The number of ketones is 3. The molecule has 0 radical (unpaired) electrons. The molecular formula is C51H72O8. The molecule has 4 aliphatic carbocycles. The maximum Gasteiger partial charge on any atom is 0.190 e. The van der Waals surface area contributed by atoms with Gasteiger partial charge in [-0.2, -0.15) is 0 Å². The number of rotatable bonds is 17. The van der Waals surface area contributed by atoms with Crippen LogP contribution in [0.5, 0.6) is 11.5 Å². The smallest absolute Gasteiger partial charge is 0.190 e. The van der Waals surface area contributed by atoms with Crippen molar-refractivity contribution in [3.05, 3.63) is 82.0 Å². The summed E-state index contributed by atoms with van der Waals surface area (Å²) in [6, 6.07) is 3.68. The first kappa shape index (κ1) is 46.5. The zero-order valence-electron chi connectivity index (χ0n) is 37.3. The Morgan fingerprint density at radius 1 is 0.932 bits per heavy atom. The van der Waals surface area contributed by atoms with E-state index in [1.165, 1.54) is 42.3 Å². The Hall–Kier alpha value is -3.59. The third-order valence-electron chi connectivity index (χ3n) is 16.1. The van der Waals surface area contributed by atoms with E-state index in [0.717, 1.165) is 56.1 Å². The van der Waals surface area contributed by atoms with Gasteiger partial charge in [-0.05, 0) is 166 Å². The van der Waals surface area contributed by atoms with Crippen molar-refractivity contribution in [2.45, 2.75) is 145 Å². The molecule has 59 heavy (non-hydrogen) atoms. The van der Waals surface area contributed by atoms with Gasteiger partial charge < -0.3 is 25.5 Å². The van der Waals surface area contributed by atoms with E-state index in [2.05, 4.69) is 53.7 Å². The van der Waals surface area contributed by atoms with E-state index in [1.54, 1.807) is 0 Å². The molecule has 5 rings (SSSR count). The van der Waals surface area contributed by atoms with Crippen LogP contribution < -0.4 is 0 Å². The van der Waals surface area contributed by atoms with Crippen LogP contribution in [0, 0.1) is 45.3 Å². The Kier molecular flexibility index (Phi) is 14.0. The normalized spacial score (nSPS) is 30.3. The minimum absolute atomic E-state index is 0.0125.